The number of aliphatic hydroxyl groups is 1. The van der Waals surface area contributed by atoms with E-state index in [9.17, 15) is 9.90 Å². The predicted molar refractivity (Wildman–Crippen MR) is 110 cm³/mol. The van der Waals surface area contributed by atoms with Crippen LogP contribution in [-0.4, -0.2) is 62.4 Å². The molecule has 0 saturated carbocycles. The maximum absolute atomic E-state index is 12.8. The number of amides is 1. The number of hydrogen-bond acceptors (Lipinski definition) is 4. The summed E-state index contributed by atoms with van der Waals surface area (Å²) >= 11 is 0. The van der Waals surface area contributed by atoms with Gasteiger partial charge in [0.15, 0.2) is 0 Å². The highest BCUT2D eigenvalue weighted by Crippen LogP contribution is 2.31. The van der Waals surface area contributed by atoms with Gasteiger partial charge in [-0.2, -0.15) is 0 Å². The van der Waals surface area contributed by atoms with Crippen LogP contribution in [0.4, 0.5) is 0 Å². The average molecular weight is 397 g/mol. The lowest BCUT2D eigenvalue weighted by Gasteiger charge is -2.38. The van der Waals surface area contributed by atoms with E-state index in [2.05, 4.69) is 17.4 Å². The maximum atomic E-state index is 12.8. The largest absolute Gasteiger partial charge is 0.396 e. The SMILES string of the molecule is CN(CC1(CO)CCOCC1)C(=O)c1ccc(CC2CCCNC2)cc1.Cl. The first-order chi connectivity index (χ1) is 12.6. The summed E-state index contributed by atoms with van der Waals surface area (Å²) in [6.07, 6.45) is 5.21. The Hall–Kier alpha value is -1.14. The van der Waals surface area contributed by atoms with Gasteiger partial charge >= 0.3 is 0 Å². The summed E-state index contributed by atoms with van der Waals surface area (Å²) in [5.41, 5.74) is 1.80. The number of carbonyl (C=O) groups is 1. The fraction of sp³-hybridized carbons (Fsp3) is 0.667. The number of halogens is 1. The van der Waals surface area contributed by atoms with Crippen LogP contribution in [0.3, 0.4) is 0 Å². The fourth-order valence-electron chi connectivity index (χ4n) is 4.18. The average Bonchev–Trinajstić information content (AvgIpc) is 2.69. The molecule has 6 heteroatoms. The lowest BCUT2D eigenvalue weighted by Crippen LogP contribution is -2.44. The van der Waals surface area contributed by atoms with Gasteiger partial charge in [-0.1, -0.05) is 12.1 Å². The van der Waals surface area contributed by atoms with Crippen molar-refractivity contribution < 1.29 is 14.6 Å². The Bertz CT molecular complexity index is 582. The highest BCUT2D eigenvalue weighted by molar-refractivity contribution is 5.94. The summed E-state index contributed by atoms with van der Waals surface area (Å²) in [6.45, 7) is 4.22. The van der Waals surface area contributed by atoms with Gasteiger partial charge in [0, 0.05) is 37.8 Å². The number of rotatable bonds is 6. The lowest BCUT2D eigenvalue weighted by atomic mass is 9.80. The van der Waals surface area contributed by atoms with Crippen LogP contribution in [0.2, 0.25) is 0 Å². The second-order valence-corrected chi connectivity index (χ2v) is 8.05. The maximum Gasteiger partial charge on any atom is 0.253 e. The highest BCUT2D eigenvalue weighted by atomic mass is 35.5. The van der Waals surface area contributed by atoms with Gasteiger partial charge in [-0.25, -0.2) is 0 Å². The molecule has 0 aromatic heterocycles. The Morgan fingerprint density at radius 1 is 1.30 bits per heavy atom. The molecule has 2 saturated heterocycles. The van der Waals surface area contributed by atoms with Crippen LogP contribution in [0, 0.1) is 11.3 Å². The first-order valence-corrected chi connectivity index (χ1v) is 9.86. The molecule has 2 N–H and O–H groups in total. The number of hydrogen-bond donors (Lipinski definition) is 2. The number of piperidine rings is 1. The van der Waals surface area contributed by atoms with E-state index in [1.165, 1.54) is 18.4 Å². The van der Waals surface area contributed by atoms with Crippen LogP contribution in [0.5, 0.6) is 0 Å². The number of nitrogens with one attached hydrogen (secondary N) is 1. The summed E-state index contributed by atoms with van der Waals surface area (Å²) in [4.78, 5) is 14.5. The highest BCUT2D eigenvalue weighted by Gasteiger charge is 2.34. The van der Waals surface area contributed by atoms with E-state index in [1.807, 2.05) is 19.2 Å². The van der Waals surface area contributed by atoms with Crippen molar-refractivity contribution in [3.8, 4) is 0 Å². The molecule has 2 aliphatic heterocycles. The molecule has 0 radical (unpaired) electrons. The Balaban J connectivity index is 0.00000261. The van der Waals surface area contributed by atoms with Crippen molar-refractivity contribution in [2.45, 2.75) is 32.1 Å². The summed E-state index contributed by atoms with van der Waals surface area (Å²) in [5, 5.41) is 13.3. The zero-order chi connectivity index (χ0) is 18.4. The van der Waals surface area contributed by atoms with Gasteiger partial charge in [-0.15, -0.1) is 12.4 Å². The molecule has 1 atom stereocenters. The molecule has 27 heavy (non-hydrogen) atoms. The van der Waals surface area contributed by atoms with Gasteiger partial charge in [0.1, 0.15) is 0 Å². The monoisotopic (exact) mass is 396 g/mol. The minimum absolute atomic E-state index is 0. The van der Waals surface area contributed by atoms with Gasteiger partial charge in [-0.05, 0) is 68.8 Å². The second kappa shape index (κ2) is 10.4. The Kier molecular flexibility index (Phi) is 8.55. The summed E-state index contributed by atoms with van der Waals surface area (Å²) < 4.78 is 5.41. The molecule has 152 valence electrons. The topological polar surface area (TPSA) is 61.8 Å². The van der Waals surface area contributed by atoms with Crippen molar-refractivity contribution in [2.75, 3.05) is 46.5 Å². The van der Waals surface area contributed by atoms with Crippen LogP contribution < -0.4 is 5.32 Å². The second-order valence-electron chi connectivity index (χ2n) is 8.05. The lowest BCUT2D eigenvalue weighted by molar-refractivity contribution is -0.0282. The van der Waals surface area contributed by atoms with Crippen molar-refractivity contribution in [2.24, 2.45) is 11.3 Å². The van der Waals surface area contributed by atoms with Gasteiger partial charge in [0.05, 0.1) is 6.61 Å². The molecule has 2 aliphatic rings. The molecule has 5 nitrogen and oxygen atoms in total. The standard InChI is InChI=1S/C21H32N2O3.ClH/c1-23(15-21(16-24)8-11-26-12-9-21)20(25)19-6-4-17(5-7-19)13-18-3-2-10-22-14-18;/h4-7,18,22,24H,2-3,8-16H2,1H3;1H. The summed E-state index contributed by atoms with van der Waals surface area (Å²) in [5.74, 6) is 0.723. The van der Waals surface area contributed by atoms with E-state index >= 15 is 0 Å². The van der Waals surface area contributed by atoms with Crippen LogP contribution in [0.1, 0.15) is 41.6 Å². The molecule has 1 unspecified atom stereocenters. The van der Waals surface area contributed by atoms with Gasteiger partial charge in [-0.3, -0.25) is 4.79 Å². The van der Waals surface area contributed by atoms with E-state index in [0.29, 0.717) is 25.7 Å². The molecule has 2 heterocycles. The van der Waals surface area contributed by atoms with Crippen molar-refractivity contribution in [1.29, 1.82) is 0 Å². The normalized spacial score (nSPS) is 21.9. The van der Waals surface area contributed by atoms with Gasteiger partial charge < -0.3 is 20.1 Å². The number of ether oxygens (including phenoxy) is 1. The van der Waals surface area contributed by atoms with Crippen LogP contribution >= 0.6 is 12.4 Å². The third-order valence-electron chi connectivity index (χ3n) is 5.93. The molecule has 1 aromatic rings. The summed E-state index contributed by atoms with van der Waals surface area (Å²) in [7, 11) is 1.83. The number of aliphatic hydroxyl groups excluding tert-OH is 1. The number of carbonyl (C=O) groups excluding carboxylic acids is 1. The Labute approximate surface area is 168 Å². The van der Waals surface area contributed by atoms with Crippen molar-refractivity contribution >= 4 is 18.3 Å². The number of nitrogens with zero attached hydrogens (tertiary/aromatic N) is 1. The Morgan fingerprint density at radius 2 is 2.00 bits per heavy atom. The van der Waals surface area contributed by atoms with E-state index in [0.717, 1.165) is 37.9 Å². The molecular weight excluding hydrogens is 364 g/mol. The quantitative estimate of drug-likeness (QED) is 0.775. The van der Waals surface area contributed by atoms with Crippen LogP contribution in [0.25, 0.3) is 0 Å². The smallest absolute Gasteiger partial charge is 0.253 e. The third-order valence-corrected chi connectivity index (χ3v) is 5.93. The zero-order valence-corrected chi connectivity index (χ0v) is 17.1. The molecule has 3 rings (SSSR count). The molecule has 0 spiro atoms. The molecule has 0 bridgehead atoms. The molecule has 0 aliphatic carbocycles. The van der Waals surface area contributed by atoms with Crippen molar-refractivity contribution in [1.82, 2.24) is 10.2 Å². The minimum atomic E-state index is -0.226. The Morgan fingerprint density at radius 3 is 2.59 bits per heavy atom. The third kappa shape index (κ3) is 5.92. The minimum Gasteiger partial charge on any atom is -0.396 e. The van der Waals surface area contributed by atoms with E-state index in [-0.39, 0.29) is 30.3 Å². The first-order valence-electron chi connectivity index (χ1n) is 9.86. The molecule has 1 aromatic carbocycles. The van der Waals surface area contributed by atoms with E-state index in [1.54, 1.807) is 4.90 Å². The van der Waals surface area contributed by atoms with Crippen molar-refractivity contribution in [3.05, 3.63) is 35.4 Å². The van der Waals surface area contributed by atoms with E-state index in [4.69, 9.17) is 4.74 Å². The molecule has 1 amide bonds. The predicted octanol–water partition coefficient (Wildman–Crippen LogP) is 2.51. The summed E-state index contributed by atoms with van der Waals surface area (Å²) in [6, 6.07) is 8.07. The molecular formula is C21H33ClN2O3. The van der Waals surface area contributed by atoms with Crippen LogP contribution in [0.15, 0.2) is 24.3 Å². The van der Waals surface area contributed by atoms with Gasteiger partial charge in [0.25, 0.3) is 5.91 Å². The number of benzene rings is 1. The van der Waals surface area contributed by atoms with E-state index < -0.39 is 0 Å². The zero-order valence-electron chi connectivity index (χ0n) is 16.3. The first kappa shape index (κ1) is 22.2. The van der Waals surface area contributed by atoms with Crippen LogP contribution in [-0.2, 0) is 11.2 Å². The van der Waals surface area contributed by atoms with Gasteiger partial charge in [0.2, 0.25) is 0 Å². The molecule has 2 fully saturated rings. The van der Waals surface area contributed by atoms with Crippen molar-refractivity contribution in [3.63, 3.8) is 0 Å². The fourth-order valence-corrected chi connectivity index (χ4v) is 4.18.